The van der Waals surface area contributed by atoms with E-state index >= 15 is 0 Å². The summed E-state index contributed by atoms with van der Waals surface area (Å²) in [4.78, 5) is 6.76. The molecule has 0 aliphatic heterocycles. The summed E-state index contributed by atoms with van der Waals surface area (Å²) in [6.45, 7) is 2.04. The van der Waals surface area contributed by atoms with Crippen molar-refractivity contribution in [1.82, 2.24) is 4.98 Å². The molecule has 0 saturated carbocycles. The Bertz CT molecular complexity index is 834. The first kappa shape index (κ1) is 17.5. The summed E-state index contributed by atoms with van der Waals surface area (Å²) < 4.78 is 38.0. The molecule has 0 aliphatic carbocycles. The third kappa shape index (κ3) is 3.82. The number of hydrogen-bond donors (Lipinski definition) is 0. The number of benzene rings is 1. The first-order valence-corrected chi connectivity index (χ1v) is 9.36. The third-order valence-corrected chi connectivity index (χ3v) is 6.11. The van der Waals surface area contributed by atoms with Crippen LogP contribution in [0, 0.1) is 6.92 Å². The molecule has 1 aromatic carbocycles. The molecule has 0 amide bonds. The van der Waals surface area contributed by atoms with Gasteiger partial charge in [-0.25, -0.2) is 4.98 Å². The van der Waals surface area contributed by atoms with Crippen molar-refractivity contribution in [3.05, 3.63) is 62.3 Å². The van der Waals surface area contributed by atoms with Crippen LogP contribution in [0.25, 0.3) is 10.6 Å². The molecular formula is C17H13ClF3NS2. The van der Waals surface area contributed by atoms with E-state index in [-0.39, 0.29) is 0 Å². The number of rotatable bonds is 4. The Morgan fingerprint density at radius 1 is 1.17 bits per heavy atom. The predicted molar refractivity (Wildman–Crippen MR) is 94.0 cm³/mol. The van der Waals surface area contributed by atoms with Gasteiger partial charge in [0.1, 0.15) is 5.01 Å². The van der Waals surface area contributed by atoms with Gasteiger partial charge in [-0.1, -0.05) is 12.1 Å². The fraction of sp³-hybridized carbons (Fsp3) is 0.235. The van der Waals surface area contributed by atoms with Crippen molar-refractivity contribution in [1.29, 1.82) is 0 Å². The number of hydrogen-bond acceptors (Lipinski definition) is 3. The van der Waals surface area contributed by atoms with Crippen molar-refractivity contribution < 1.29 is 13.2 Å². The molecule has 2 heterocycles. The molecule has 7 heteroatoms. The van der Waals surface area contributed by atoms with E-state index in [0.29, 0.717) is 22.9 Å². The third-order valence-electron chi connectivity index (χ3n) is 3.49. The molecule has 0 bridgehead atoms. The van der Waals surface area contributed by atoms with Crippen LogP contribution in [0.1, 0.15) is 26.6 Å². The van der Waals surface area contributed by atoms with E-state index in [1.165, 1.54) is 33.9 Å². The highest BCUT2D eigenvalue weighted by Gasteiger charge is 2.30. The summed E-state index contributed by atoms with van der Waals surface area (Å²) in [6, 6.07) is 7.19. The standard InChI is InChI=1S/C17H13ClF3NS2/c1-10-6-13(23-9-10)7-14-15(8-18)24-16(22-14)11-2-4-12(5-3-11)17(19,20)21/h2-6,9H,7-8H2,1H3. The summed E-state index contributed by atoms with van der Waals surface area (Å²) >= 11 is 9.12. The van der Waals surface area contributed by atoms with Gasteiger partial charge in [-0.15, -0.1) is 34.3 Å². The smallest absolute Gasteiger partial charge is 0.240 e. The first-order valence-electron chi connectivity index (χ1n) is 7.13. The monoisotopic (exact) mass is 387 g/mol. The fourth-order valence-corrected chi connectivity index (χ4v) is 4.43. The van der Waals surface area contributed by atoms with E-state index in [9.17, 15) is 13.2 Å². The number of aryl methyl sites for hydroxylation is 1. The average molecular weight is 388 g/mol. The molecule has 3 rings (SSSR count). The molecule has 3 aromatic rings. The van der Waals surface area contributed by atoms with Gasteiger partial charge in [0.15, 0.2) is 0 Å². The van der Waals surface area contributed by atoms with Gasteiger partial charge in [0.2, 0.25) is 0 Å². The lowest BCUT2D eigenvalue weighted by Crippen LogP contribution is -2.03. The van der Waals surface area contributed by atoms with E-state index in [1.54, 1.807) is 11.3 Å². The lowest BCUT2D eigenvalue weighted by Gasteiger charge is -2.06. The molecule has 0 saturated heterocycles. The minimum absolute atomic E-state index is 0.345. The number of thiazole rings is 1. The molecular weight excluding hydrogens is 375 g/mol. The maximum absolute atomic E-state index is 12.7. The van der Waals surface area contributed by atoms with Crippen LogP contribution >= 0.6 is 34.3 Å². The highest BCUT2D eigenvalue weighted by molar-refractivity contribution is 7.15. The van der Waals surface area contributed by atoms with Gasteiger partial charge in [-0.3, -0.25) is 0 Å². The summed E-state index contributed by atoms with van der Waals surface area (Å²) in [5.74, 6) is 0.345. The van der Waals surface area contributed by atoms with Crippen LogP contribution in [0.2, 0.25) is 0 Å². The van der Waals surface area contributed by atoms with E-state index in [0.717, 1.165) is 22.7 Å². The van der Waals surface area contributed by atoms with Crippen LogP contribution < -0.4 is 0 Å². The highest BCUT2D eigenvalue weighted by atomic mass is 35.5. The zero-order valence-electron chi connectivity index (χ0n) is 12.7. The number of aromatic nitrogens is 1. The Balaban J connectivity index is 1.89. The van der Waals surface area contributed by atoms with Crippen LogP contribution in [0.15, 0.2) is 35.7 Å². The van der Waals surface area contributed by atoms with Crippen LogP contribution in [0.4, 0.5) is 13.2 Å². The van der Waals surface area contributed by atoms with Crippen molar-refractivity contribution in [2.75, 3.05) is 0 Å². The van der Waals surface area contributed by atoms with E-state index < -0.39 is 11.7 Å². The highest BCUT2D eigenvalue weighted by Crippen LogP contribution is 2.34. The zero-order valence-corrected chi connectivity index (χ0v) is 15.0. The normalized spacial score (nSPS) is 11.9. The maximum Gasteiger partial charge on any atom is 0.416 e. The van der Waals surface area contributed by atoms with Crippen LogP contribution in [-0.2, 0) is 18.5 Å². The molecule has 24 heavy (non-hydrogen) atoms. The molecule has 0 spiro atoms. The van der Waals surface area contributed by atoms with Gasteiger partial charge in [-0.05, 0) is 36.1 Å². The summed E-state index contributed by atoms with van der Waals surface area (Å²) in [7, 11) is 0. The number of alkyl halides is 4. The minimum Gasteiger partial charge on any atom is -0.240 e. The summed E-state index contributed by atoms with van der Waals surface area (Å²) in [5.41, 5.74) is 2.12. The van der Waals surface area contributed by atoms with Gasteiger partial charge in [0.05, 0.1) is 17.1 Å². The Labute approximate surface area is 150 Å². The largest absolute Gasteiger partial charge is 0.416 e. The second-order valence-corrected chi connectivity index (χ2v) is 7.71. The van der Waals surface area contributed by atoms with Gasteiger partial charge >= 0.3 is 6.18 Å². The maximum atomic E-state index is 12.7. The Hall–Kier alpha value is -1.37. The SMILES string of the molecule is Cc1csc(Cc2nc(-c3ccc(C(F)(F)F)cc3)sc2CCl)c1. The summed E-state index contributed by atoms with van der Waals surface area (Å²) in [6.07, 6.45) is -3.64. The second kappa shape index (κ2) is 6.86. The predicted octanol–water partition coefficient (Wildman–Crippen LogP) is 6.53. The summed E-state index contributed by atoms with van der Waals surface area (Å²) in [5, 5.41) is 2.78. The van der Waals surface area contributed by atoms with Gasteiger partial charge in [-0.2, -0.15) is 13.2 Å². The fourth-order valence-electron chi connectivity index (χ4n) is 2.30. The average Bonchev–Trinajstić information content (AvgIpc) is 3.13. The number of nitrogens with zero attached hydrogens (tertiary/aromatic N) is 1. The van der Waals surface area contributed by atoms with Gasteiger partial charge in [0.25, 0.3) is 0 Å². The topological polar surface area (TPSA) is 12.9 Å². The van der Waals surface area contributed by atoms with Crippen molar-refractivity contribution in [2.45, 2.75) is 25.4 Å². The molecule has 1 nitrogen and oxygen atoms in total. The van der Waals surface area contributed by atoms with Crippen LogP contribution in [0.5, 0.6) is 0 Å². The molecule has 126 valence electrons. The van der Waals surface area contributed by atoms with E-state index in [2.05, 4.69) is 16.4 Å². The van der Waals surface area contributed by atoms with E-state index in [4.69, 9.17) is 11.6 Å². The van der Waals surface area contributed by atoms with Gasteiger partial charge in [0, 0.05) is 21.7 Å². The van der Waals surface area contributed by atoms with Crippen molar-refractivity contribution in [3.8, 4) is 10.6 Å². The van der Waals surface area contributed by atoms with Crippen molar-refractivity contribution >= 4 is 34.3 Å². The lowest BCUT2D eigenvalue weighted by molar-refractivity contribution is -0.137. The Morgan fingerprint density at radius 3 is 2.42 bits per heavy atom. The van der Waals surface area contributed by atoms with E-state index in [1.807, 2.05) is 6.92 Å². The molecule has 0 aliphatic rings. The van der Waals surface area contributed by atoms with Crippen LogP contribution in [-0.4, -0.2) is 4.98 Å². The molecule has 0 N–H and O–H groups in total. The Morgan fingerprint density at radius 2 is 1.88 bits per heavy atom. The minimum atomic E-state index is -4.33. The lowest BCUT2D eigenvalue weighted by atomic mass is 10.1. The number of halogens is 4. The molecule has 0 fully saturated rings. The molecule has 0 unspecified atom stereocenters. The van der Waals surface area contributed by atoms with Crippen LogP contribution in [0.3, 0.4) is 0 Å². The second-order valence-electron chi connectivity index (χ2n) is 5.36. The van der Waals surface area contributed by atoms with Gasteiger partial charge < -0.3 is 0 Å². The quantitative estimate of drug-likeness (QED) is 0.464. The van der Waals surface area contributed by atoms with Crippen molar-refractivity contribution in [3.63, 3.8) is 0 Å². The molecule has 2 aromatic heterocycles. The number of thiophene rings is 1. The zero-order chi connectivity index (χ0) is 17.3. The molecule has 0 atom stereocenters. The molecule has 0 radical (unpaired) electrons. The first-order chi connectivity index (χ1) is 11.4. The van der Waals surface area contributed by atoms with Crippen molar-refractivity contribution in [2.24, 2.45) is 0 Å². The Kier molecular flexibility index (Phi) is 4.99.